The van der Waals surface area contributed by atoms with Crippen LogP contribution in [0, 0.1) is 5.92 Å². The van der Waals surface area contributed by atoms with Gasteiger partial charge in [-0.3, -0.25) is 14.4 Å². The van der Waals surface area contributed by atoms with Gasteiger partial charge < -0.3 is 22.5 Å². The summed E-state index contributed by atoms with van der Waals surface area (Å²) in [7, 11) is 0. The summed E-state index contributed by atoms with van der Waals surface area (Å²) in [6.45, 7) is 2.23. The fourth-order valence-electron chi connectivity index (χ4n) is 1.60. The Bertz CT molecular complexity index is 510. The van der Waals surface area contributed by atoms with Crippen molar-refractivity contribution in [3.05, 3.63) is 29.3 Å². The quantitative estimate of drug-likeness (QED) is 0.572. The van der Waals surface area contributed by atoms with Gasteiger partial charge in [0.1, 0.15) is 0 Å². The highest BCUT2D eigenvalue weighted by atomic mass is 16.2. The molecule has 0 spiro atoms. The van der Waals surface area contributed by atoms with Gasteiger partial charge in [0, 0.05) is 23.2 Å². The fraction of sp³-hybridized carbons (Fsp3) is 0.308. The molecule has 0 aliphatic carbocycles. The molecule has 0 radical (unpaired) electrons. The monoisotopic (exact) mass is 278 g/mol. The van der Waals surface area contributed by atoms with Gasteiger partial charge in [0.15, 0.2) is 0 Å². The van der Waals surface area contributed by atoms with E-state index in [1.165, 1.54) is 18.2 Å². The number of amides is 3. The zero-order chi connectivity index (χ0) is 15.3. The summed E-state index contributed by atoms with van der Waals surface area (Å²) in [5.41, 5.74) is 16.3. The molecule has 1 rings (SSSR count). The van der Waals surface area contributed by atoms with Crippen LogP contribution in [0.5, 0.6) is 0 Å². The van der Waals surface area contributed by atoms with Gasteiger partial charge in [0.25, 0.3) is 0 Å². The lowest BCUT2D eigenvalue weighted by Gasteiger charge is -2.11. The molecule has 1 aromatic carbocycles. The molecule has 0 heterocycles. The van der Waals surface area contributed by atoms with Crippen LogP contribution in [0.25, 0.3) is 0 Å². The molecule has 1 atom stereocenters. The normalized spacial score (nSPS) is 11.7. The van der Waals surface area contributed by atoms with E-state index < -0.39 is 11.8 Å². The third-order valence-corrected chi connectivity index (χ3v) is 2.72. The van der Waals surface area contributed by atoms with Crippen LogP contribution >= 0.6 is 0 Å². The number of nitrogens with two attached hydrogens (primary N) is 3. The molecule has 7 nitrogen and oxygen atoms in total. The molecule has 108 valence electrons. The summed E-state index contributed by atoms with van der Waals surface area (Å²) >= 11 is 0. The number of rotatable bonds is 6. The number of hydrogen-bond donors (Lipinski definition) is 4. The maximum Gasteiger partial charge on any atom is 0.248 e. The average Bonchev–Trinajstić information content (AvgIpc) is 2.37. The van der Waals surface area contributed by atoms with Crippen LogP contribution in [0.2, 0.25) is 0 Å². The maximum atomic E-state index is 11.7. The number of primary amides is 2. The molecule has 0 aliphatic heterocycles. The van der Waals surface area contributed by atoms with E-state index >= 15 is 0 Å². The summed E-state index contributed by atoms with van der Waals surface area (Å²) in [5, 5.41) is 2.59. The highest BCUT2D eigenvalue weighted by Crippen LogP contribution is 2.15. The van der Waals surface area contributed by atoms with Crippen LogP contribution in [0.1, 0.15) is 34.1 Å². The Morgan fingerprint density at radius 3 is 2.00 bits per heavy atom. The van der Waals surface area contributed by atoms with Crippen molar-refractivity contribution in [3.63, 3.8) is 0 Å². The molecule has 1 aromatic rings. The lowest BCUT2D eigenvalue weighted by Crippen LogP contribution is -2.21. The Kier molecular flexibility index (Phi) is 5.22. The van der Waals surface area contributed by atoms with E-state index in [4.69, 9.17) is 17.2 Å². The van der Waals surface area contributed by atoms with Gasteiger partial charge in [-0.2, -0.15) is 0 Å². The highest BCUT2D eigenvalue weighted by molar-refractivity contribution is 6.01. The van der Waals surface area contributed by atoms with Crippen molar-refractivity contribution in [3.8, 4) is 0 Å². The molecule has 7 heteroatoms. The van der Waals surface area contributed by atoms with E-state index in [1.807, 2.05) is 6.92 Å². The van der Waals surface area contributed by atoms with Gasteiger partial charge >= 0.3 is 0 Å². The van der Waals surface area contributed by atoms with Gasteiger partial charge in [0.05, 0.1) is 0 Å². The summed E-state index contributed by atoms with van der Waals surface area (Å²) in [6, 6.07) is 4.06. The minimum atomic E-state index is -0.709. The molecule has 3 amide bonds. The first-order valence-corrected chi connectivity index (χ1v) is 6.08. The van der Waals surface area contributed by atoms with Crippen molar-refractivity contribution in [1.82, 2.24) is 0 Å². The van der Waals surface area contributed by atoms with Gasteiger partial charge in [-0.15, -0.1) is 0 Å². The van der Waals surface area contributed by atoms with Gasteiger partial charge in [-0.05, 0) is 30.7 Å². The second-order valence-electron chi connectivity index (χ2n) is 4.62. The van der Waals surface area contributed by atoms with Crippen LogP contribution in [0.3, 0.4) is 0 Å². The first-order chi connectivity index (χ1) is 9.33. The van der Waals surface area contributed by atoms with Crippen molar-refractivity contribution in [1.29, 1.82) is 0 Å². The number of hydrogen-bond acceptors (Lipinski definition) is 4. The van der Waals surface area contributed by atoms with E-state index in [9.17, 15) is 14.4 Å². The van der Waals surface area contributed by atoms with Crippen LogP contribution in [0.15, 0.2) is 18.2 Å². The molecule has 1 unspecified atom stereocenters. The Balaban J connectivity index is 2.97. The van der Waals surface area contributed by atoms with Crippen molar-refractivity contribution in [2.24, 2.45) is 23.1 Å². The van der Waals surface area contributed by atoms with Gasteiger partial charge in [0.2, 0.25) is 17.7 Å². The van der Waals surface area contributed by atoms with Gasteiger partial charge in [-0.1, -0.05) is 6.92 Å². The Labute approximate surface area is 116 Å². The van der Waals surface area contributed by atoms with E-state index in [0.717, 1.165) is 0 Å². The Morgan fingerprint density at radius 1 is 1.10 bits per heavy atom. The minimum Gasteiger partial charge on any atom is -0.366 e. The average molecular weight is 278 g/mol. The second kappa shape index (κ2) is 6.67. The summed E-state index contributed by atoms with van der Waals surface area (Å²) in [6.07, 6.45) is 0.239. The van der Waals surface area contributed by atoms with Gasteiger partial charge in [-0.25, -0.2) is 0 Å². The Hall–Kier alpha value is -2.41. The Morgan fingerprint density at radius 2 is 1.60 bits per heavy atom. The number of anilines is 1. The number of carbonyl (C=O) groups is 3. The number of benzene rings is 1. The number of nitrogens with one attached hydrogen (secondary N) is 1. The molecule has 7 N–H and O–H groups in total. The second-order valence-corrected chi connectivity index (χ2v) is 4.62. The predicted octanol–water partition coefficient (Wildman–Crippen LogP) is -0.192. The summed E-state index contributed by atoms with van der Waals surface area (Å²) in [4.78, 5) is 34.1. The van der Waals surface area contributed by atoms with E-state index in [2.05, 4.69) is 5.32 Å². The van der Waals surface area contributed by atoms with Crippen molar-refractivity contribution in [2.75, 3.05) is 11.9 Å². The third kappa shape index (κ3) is 4.36. The highest BCUT2D eigenvalue weighted by Gasteiger charge is 2.12. The molecular formula is C13H18N4O3. The minimum absolute atomic E-state index is 0.0323. The van der Waals surface area contributed by atoms with E-state index in [1.54, 1.807) is 0 Å². The number of carbonyl (C=O) groups excluding carboxylic acids is 3. The van der Waals surface area contributed by atoms with E-state index in [0.29, 0.717) is 12.2 Å². The van der Waals surface area contributed by atoms with Crippen LogP contribution < -0.4 is 22.5 Å². The molecule has 0 saturated heterocycles. The molecular weight excluding hydrogens is 260 g/mol. The smallest absolute Gasteiger partial charge is 0.248 e. The first-order valence-electron chi connectivity index (χ1n) is 6.08. The predicted molar refractivity (Wildman–Crippen MR) is 74.9 cm³/mol. The largest absolute Gasteiger partial charge is 0.366 e. The molecule has 0 aromatic heterocycles. The molecule has 0 aliphatic rings. The molecule has 0 bridgehead atoms. The topological polar surface area (TPSA) is 141 Å². The molecule has 20 heavy (non-hydrogen) atoms. The van der Waals surface area contributed by atoms with E-state index in [-0.39, 0.29) is 29.4 Å². The summed E-state index contributed by atoms with van der Waals surface area (Å²) in [5.74, 6) is -1.65. The van der Waals surface area contributed by atoms with Crippen LogP contribution in [-0.2, 0) is 4.79 Å². The summed E-state index contributed by atoms with van der Waals surface area (Å²) < 4.78 is 0. The lowest BCUT2D eigenvalue weighted by atomic mass is 10.1. The zero-order valence-electron chi connectivity index (χ0n) is 11.2. The fourth-order valence-corrected chi connectivity index (χ4v) is 1.60. The van der Waals surface area contributed by atoms with Crippen molar-refractivity contribution >= 4 is 23.4 Å². The van der Waals surface area contributed by atoms with Crippen molar-refractivity contribution in [2.45, 2.75) is 13.3 Å². The lowest BCUT2D eigenvalue weighted by molar-refractivity contribution is -0.116. The SMILES string of the molecule is CC(CN)CC(=O)Nc1cc(C(N)=O)cc(C(N)=O)c1. The van der Waals surface area contributed by atoms with Crippen LogP contribution in [0.4, 0.5) is 5.69 Å². The zero-order valence-corrected chi connectivity index (χ0v) is 11.2. The molecule has 0 fully saturated rings. The molecule has 0 saturated carbocycles. The van der Waals surface area contributed by atoms with Crippen LogP contribution in [-0.4, -0.2) is 24.3 Å². The standard InChI is InChI=1S/C13H18N4O3/c1-7(6-14)2-11(18)17-10-4-8(12(15)19)3-9(5-10)13(16)20/h3-5,7H,2,6,14H2,1H3,(H2,15,19)(H2,16,20)(H,17,18). The van der Waals surface area contributed by atoms with Crippen molar-refractivity contribution < 1.29 is 14.4 Å². The third-order valence-electron chi connectivity index (χ3n) is 2.72. The first kappa shape index (κ1) is 15.6. The maximum absolute atomic E-state index is 11.7.